The highest BCUT2D eigenvalue weighted by Gasteiger charge is 2.47. The summed E-state index contributed by atoms with van der Waals surface area (Å²) < 4.78 is 38.2. The van der Waals surface area contributed by atoms with E-state index in [1.165, 1.54) is 12.0 Å². The van der Waals surface area contributed by atoms with Crippen LogP contribution in [0.4, 0.5) is 8.78 Å². The molecule has 0 radical (unpaired) electrons. The molecule has 1 unspecified atom stereocenters. The van der Waals surface area contributed by atoms with E-state index in [0.717, 1.165) is 12.1 Å². The number of nitrogens with zero attached hydrogens (tertiary/aromatic N) is 1. The van der Waals surface area contributed by atoms with Crippen molar-refractivity contribution >= 4 is 11.7 Å². The summed E-state index contributed by atoms with van der Waals surface area (Å²) in [5.41, 5.74) is -0.569. The summed E-state index contributed by atoms with van der Waals surface area (Å²) in [4.78, 5) is 26.7. The highest BCUT2D eigenvalue weighted by atomic mass is 19.1. The average Bonchev–Trinajstić information content (AvgIpc) is 3.04. The molecule has 2 aromatic rings. The predicted octanol–water partition coefficient (Wildman–Crippen LogP) is 3.22. The second-order valence-corrected chi connectivity index (χ2v) is 6.85. The zero-order valence-electron chi connectivity index (χ0n) is 14.6. The molecule has 0 bridgehead atoms. The molecule has 1 atom stereocenters. The lowest BCUT2D eigenvalue weighted by molar-refractivity contribution is 0.0426. The first kappa shape index (κ1) is 17.5. The van der Waals surface area contributed by atoms with Crippen LogP contribution in [0, 0.1) is 11.6 Å². The Hall–Kier alpha value is -2.96. The molecule has 4 rings (SSSR count). The first-order chi connectivity index (χ1) is 12.9. The molecule has 2 aliphatic heterocycles. The molecule has 1 saturated heterocycles. The van der Waals surface area contributed by atoms with Crippen molar-refractivity contribution in [1.82, 2.24) is 4.90 Å². The number of carbonyl (C=O) groups is 2. The number of Topliss-reactive ketones (excluding diaryl/α,β-unsaturated/α-hetero) is 1. The third kappa shape index (κ3) is 3.03. The van der Waals surface area contributed by atoms with E-state index in [-0.39, 0.29) is 24.3 Å². The van der Waals surface area contributed by atoms with Crippen LogP contribution in [0.2, 0.25) is 0 Å². The third-order valence-electron chi connectivity index (χ3n) is 5.06. The van der Waals surface area contributed by atoms with Crippen molar-refractivity contribution in [3.63, 3.8) is 0 Å². The van der Waals surface area contributed by atoms with Crippen molar-refractivity contribution in [3.05, 3.63) is 59.2 Å². The fourth-order valence-electron chi connectivity index (χ4n) is 3.68. The molecular weight excluding hydrogens is 356 g/mol. The van der Waals surface area contributed by atoms with E-state index >= 15 is 0 Å². The van der Waals surface area contributed by atoms with Gasteiger partial charge in [0.05, 0.1) is 31.2 Å². The molecule has 1 fully saturated rings. The standard InChI is InChI=1S/C20H17F2NO4/c1-26-13-3-5-18-15(9-13)17(24)10-20(27-18)6-7-23(11-20)19(25)14-4-2-12(21)8-16(14)22/h2-5,8-9H,6-7,10-11H2,1H3. The first-order valence-corrected chi connectivity index (χ1v) is 8.55. The number of methoxy groups -OCH3 is 1. The summed E-state index contributed by atoms with van der Waals surface area (Å²) in [7, 11) is 1.52. The molecule has 0 saturated carbocycles. The van der Waals surface area contributed by atoms with Crippen molar-refractivity contribution in [1.29, 1.82) is 0 Å². The topological polar surface area (TPSA) is 55.8 Å². The largest absolute Gasteiger partial charge is 0.497 e. The number of ether oxygens (including phenoxy) is 2. The maximum absolute atomic E-state index is 13.9. The van der Waals surface area contributed by atoms with Crippen LogP contribution in [0.25, 0.3) is 0 Å². The van der Waals surface area contributed by atoms with Gasteiger partial charge in [-0.05, 0) is 30.3 Å². The van der Waals surface area contributed by atoms with Gasteiger partial charge in [-0.15, -0.1) is 0 Å². The van der Waals surface area contributed by atoms with Crippen LogP contribution < -0.4 is 9.47 Å². The van der Waals surface area contributed by atoms with Crippen LogP contribution in [0.5, 0.6) is 11.5 Å². The fraction of sp³-hybridized carbons (Fsp3) is 0.300. The summed E-state index contributed by atoms with van der Waals surface area (Å²) in [6.07, 6.45) is 0.585. The highest BCUT2D eigenvalue weighted by Crippen LogP contribution is 2.40. The van der Waals surface area contributed by atoms with Crippen LogP contribution in [0.15, 0.2) is 36.4 Å². The molecule has 1 spiro atoms. The van der Waals surface area contributed by atoms with E-state index in [2.05, 4.69) is 0 Å². The fourth-order valence-corrected chi connectivity index (χ4v) is 3.68. The van der Waals surface area contributed by atoms with Gasteiger partial charge < -0.3 is 14.4 Å². The number of hydrogen-bond acceptors (Lipinski definition) is 4. The number of rotatable bonds is 2. The molecule has 1 amide bonds. The number of halogens is 2. The number of amides is 1. The van der Waals surface area contributed by atoms with E-state index in [4.69, 9.17) is 9.47 Å². The number of ketones is 1. The Labute approximate surface area is 154 Å². The summed E-state index contributed by atoms with van der Waals surface area (Å²) in [6.45, 7) is 0.494. The Balaban J connectivity index is 1.56. The van der Waals surface area contributed by atoms with Gasteiger partial charge in [-0.25, -0.2) is 8.78 Å². The van der Waals surface area contributed by atoms with Gasteiger partial charge >= 0.3 is 0 Å². The lowest BCUT2D eigenvalue weighted by atomic mass is 9.89. The average molecular weight is 373 g/mol. The van der Waals surface area contributed by atoms with E-state index in [9.17, 15) is 18.4 Å². The lowest BCUT2D eigenvalue weighted by Gasteiger charge is -2.34. The van der Waals surface area contributed by atoms with E-state index < -0.39 is 23.1 Å². The Morgan fingerprint density at radius 3 is 2.78 bits per heavy atom. The van der Waals surface area contributed by atoms with Gasteiger partial charge in [0.1, 0.15) is 28.7 Å². The van der Waals surface area contributed by atoms with Crippen molar-refractivity contribution in [2.24, 2.45) is 0 Å². The molecule has 2 aliphatic rings. The number of carbonyl (C=O) groups excluding carboxylic acids is 2. The second kappa shape index (κ2) is 6.33. The minimum atomic E-state index is -0.904. The van der Waals surface area contributed by atoms with Crippen LogP contribution in [-0.2, 0) is 0 Å². The molecule has 0 aliphatic carbocycles. The monoisotopic (exact) mass is 373 g/mol. The molecule has 7 heteroatoms. The number of likely N-dealkylation sites (tertiary alicyclic amines) is 1. The van der Waals surface area contributed by atoms with Crippen molar-refractivity contribution in [3.8, 4) is 11.5 Å². The van der Waals surface area contributed by atoms with Crippen LogP contribution >= 0.6 is 0 Å². The smallest absolute Gasteiger partial charge is 0.256 e. The van der Waals surface area contributed by atoms with Gasteiger partial charge in [0.25, 0.3) is 5.91 Å². The van der Waals surface area contributed by atoms with Gasteiger partial charge in [-0.3, -0.25) is 9.59 Å². The van der Waals surface area contributed by atoms with Gasteiger partial charge in [0.2, 0.25) is 0 Å². The van der Waals surface area contributed by atoms with Gasteiger partial charge in [0.15, 0.2) is 5.78 Å². The Kier molecular flexibility index (Phi) is 4.09. The lowest BCUT2D eigenvalue weighted by Crippen LogP contribution is -2.45. The van der Waals surface area contributed by atoms with Crippen LogP contribution in [0.1, 0.15) is 33.6 Å². The van der Waals surface area contributed by atoms with E-state index in [0.29, 0.717) is 36.1 Å². The van der Waals surface area contributed by atoms with Crippen LogP contribution in [-0.4, -0.2) is 42.4 Å². The number of hydrogen-bond donors (Lipinski definition) is 0. The van der Waals surface area contributed by atoms with E-state index in [1.807, 2.05) is 0 Å². The molecule has 0 aromatic heterocycles. The summed E-state index contributed by atoms with van der Waals surface area (Å²) in [5.74, 6) is -1.25. The molecule has 0 N–H and O–H groups in total. The van der Waals surface area contributed by atoms with Crippen molar-refractivity contribution < 1.29 is 27.8 Å². The predicted molar refractivity (Wildman–Crippen MR) is 92.2 cm³/mol. The number of fused-ring (bicyclic) bond motifs is 1. The number of benzene rings is 2. The Morgan fingerprint density at radius 2 is 2.04 bits per heavy atom. The van der Waals surface area contributed by atoms with Crippen molar-refractivity contribution in [2.45, 2.75) is 18.4 Å². The second-order valence-electron chi connectivity index (χ2n) is 6.85. The minimum absolute atomic E-state index is 0.0857. The normalized spacial score (nSPS) is 21.1. The Morgan fingerprint density at radius 1 is 1.22 bits per heavy atom. The first-order valence-electron chi connectivity index (χ1n) is 8.55. The Bertz CT molecular complexity index is 946. The summed E-state index contributed by atoms with van der Waals surface area (Å²) in [5, 5.41) is 0. The zero-order chi connectivity index (χ0) is 19.2. The zero-order valence-corrected chi connectivity index (χ0v) is 14.6. The SMILES string of the molecule is COc1ccc2c(c1)C(=O)CC1(CCN(C(=O)c3ccc(F)cc3F)C1)O2. The van der Waals surface area contributed by atoms with Gasteiger partial charge in [0, 0.05) is 19.0 Å². The van der Waals surface area contributed by atoms with Crippen LogP contribution in [0.3, 0.4) is 0 Å². The summed E-state index contributed by atoms with van der Waals surface area (Å²) in [6, 6.07) is 7.88. The maximum Gasteiger partial charge on any atom is 0.256 e. The molecule has 2 heterocycles. The van der Waals surface area contributed by atoms with Gasteiger partial charge in [-0.2, -0.15) is 0 Å². The maximum atomic E-state index is 13.9. The molecule has 5 nitrogen and oxygen atoms in total. The highest BCUT2D eigenvalue weighted by molar-refractivity contribution is 6.01. The molecule has 27 heavy (non-hydrogen) atoms. The minimum Gasteiger partial charge on any atom is -0.497 e. The molecular formula is C20H17F2NO4. The molecule has 2 aromatic carbocycles. The quantitative estimate of drug-likeness (QED) is 0.811. The summed E-state index contributed by atoms with van der Waals surface area (Å²) >= 11 is 0. The van der Waals surface area contributed by atoms with Crippen molar-refractivity contribution in [2.75, 3.05) is 20.2 Å². The van der Waals surface area contributed by atoms with Gasteiger partial charge in [-0.1, -0.05) is 0 Å². The molecule has 140 valence electrons. The van der Waals surface area contributed by atoms with E-state index in [1.54, 1.807) is 18.2 Å². The third-order valence-corrected chi connectivity index (χ3v) is 5.06.